The predicted molar refractivity (Wildman–Crippen MR) is 76.3 cm³/mol. The maximum atomic E-state index is 12.0. The molecule has 0 saturated carbocycles. The minimum atomic E-state index is -0.331. The van der Waals surface area contributed by atoms with Gasteiger partial charge in [-0.15, -0.1) is 10.2 Å². The molecular formula is C13H16N6O2. The van der Waals surface area contributed by atoms with Crippen LogP contribution in [-0.2, 0) is 4.74 Å². The smallest absolute Gasteiger partial charge is 0.277 e. The Balaban J connectivity index is 1.67. The van der Waals surface area contributed by atoms with Crippen LogP contribution in [0, 0.1) is 6.92 Å². The summed E-state index contributed by atoms with van der Waals surface area (Å²) in [5, 5.41) is 17.4. The minimum Gasteiger partial charge on any atom is -0.378 e. The third-order valence-electron chi connectivity index (χ3n) is 3.17. The zero-order chi connectivity index (χ0) is 14.7. The molecule has 2 aromatic rings. The van der Waals surface area contributed by atoms with E-state index in [0.717, 1.165) is 24.6 Å². The van der Waals surface area contributed by atoms with Gasteiger partial charge in [-0.05, 0) is 19.1 Å². The van der Waals surface area contributed by atoms with Crippen LogP contribution in [0.1, 0.15) is 16.2 Å². The summed E-state index contributed by atoms with van der Waals surface area (Å²) in [6.07, 6.45) is 0. The number of aryl methyl sites for hydroxylation is 1. The van der Waals surface area contributed by atoms with Crippen LogP contribution in [0.4, 0.5) is 11.6 Å². The number of aromatic amines is 1. The Labute approximate surface area is 121 Å². The van der Waals surface area contributed by atoms with E-state index in [-0.39, 0.29) is 11.6 Å². The van der Waals surface area contributed by atoms with Gasteiger partial charge in [0.15, 0.2) is 17.3 Å². The van der Waals surface area contributed by atoms with Gasteiger partial charge in [-0.1, -0.05) is 0 Å². The van der Waals surface area contributed by atoms with Gasteiger partial charge in [0.05, 0.1) is 13.2 Å². The molecule has 1 amide bonds. The molecule has 3 heterocycles. The third kappa shape index (κ3) is 3.16. The highest BCUT2D eigenvalue weighted by Gasteiger charge is 2.15. The van der Waals surface area contributed by atoms with Crippen molar-refractivity contribution in [1.82, 2.24) is 20.4 Å². The Morgan fingerprint density at radius 2 is 2.14 bits per heavy atom. The molecule has 2 N–H and O–H groups in total. The van der Waals surface area contributed by atoms with E-state index in [2.05, 4.69) is 30.6 Å². The van der Waals surface area contributed by atoms with Crippen LogP contribution in [0.5, 0.6) is 0 Å². The second-order valence-corrected chi connectivity index (χ2v) is 4.77. The lowest BCUT2D eigenvalue weighted by Gasteiger charge is -2.27. The molecule has 1 fully saturated rings. The van der Waals surface area contributed by atoms with E-state index < -0.39 is 0 Å². The van der Waals surface area contributed by atoms with Crippen molar-refractivity contribution in [3.63, 3.8) is 0 Å². The van der Waals surface area contributed by atoms with E-state index in [4.69, 9.17) is 4.74 Å². The molecule has 8 heteroatoms. The summed E-state index contributed by atoms with van der Waals surface area (Å²) in [5.74, 6) is 0.893. The van der Waals surface area contributed by atoms with Gasteiger partial charge in [0, 0.05) is 24.8 Å². The van der Waals surface area contributed by atoms with E-state index in [0.29, 0.717) is 19.0 Å². The van der Waals surface area contributed by atoms with Crippen LogP contribution < -0.4 is 10.2 Å². The van der Waals surface area contributed by atoms with Gasteiger partial charge in [0.1, 0.15) is 0 Å². The van der Waals surface area contributed by atoms with Crippen molar-refractivity contribution in [3.05, 3.63) is 29.6 Å². The number of carbonyl (C=O) groups excluding carboxylic acids is 1. The molecule has 1 aliphatic rings. The molecule has 8 nitrogen and oxygen atoms in total. The van der Waals surface area contributed by atoms with Gasteiger partial charge in [-0.25, -0.2) is 0 Å². The van der Waals surface area contributed by atoms with Gasteiger partial charge in [-0.2, -0.15) is 5.10 Å². The highest BCUT2D eigenvalue weighted by Crippen LogP contribution is 2.12. The molecule has 0 atom stereocenters. The number of rotatable bonds is 3. The average Bonchev–Trinajstić information content (AvgIpc) is 2.93. The van der Waals surface area contributed by atoms with Gasteiger partial charge >= 0.3 is 0 Å². The lowest BCUT2D eigenvalue weighted by Crippen LogP contribution is -2.37. The van der Waals surface area contributed by atoms with Gasteiger partial charge < -0.3 is 15.0 Å². The lowest BCUT2D eigenvalue weighted by molar-refractivity contribution is 0.102. The fourth-order valence-corrected chi connectivity index (χ4v) is 2.07. The fraction of sp³-hybridized carbons (Fsp3) is 0.385. The maximum Gasteiger partial charge on any atom is 0.277 e. The topological polar surface area (TPSA) is 96.0 Å². The largest absolute Gasteiger partial charge is 0.378 e. The molecule has 0 bridgehead atoms. The monoisotopic (exact) mass is 288 g/mol. The number of aromatic nitrogens is 4. The standard InChI is InChI=1S/C13H16N6O2/c1-9-8-11(17-15-9)14-13(20)10-2-3-12(18-16-10)19-4-6-21-7-5-19/h2-3,8H,4-7H2,1H3,(H2,14,15,17,20). The number of nitrogens with zero attached hydrogens (tertiary/aromatic N) is 4. The second-order valence-electron chi connectivity index (χ2n) is 4.77. The zero-order valence-corrected chi connectivity index (χ0v) is 11.7. The van der Waals surface area contributed by atoms with Crippen molar-refractivity contribution >= 4 is 17.5 Å². The van der Waals surface area contributed by atoms with Crippen LogP contribution >= 0.6 is 0 Å². The van der Waals surface area contributed by atoms with Gasteiger partial charge in [0.25, 0.3) is 5.91 Å². The average molecular weight is 288 g/mol. The van der Waals surface area contributed by atoms with E-state index in [1.165, 1.54) is 0 Å². The third-order valence-corrected chi connectivity index (χ3v) is 3.17. The Morgan fingerprint density at radius 1 is 1.33 bits per heavy atom. The van der Waals surface area contributed by atoms with Crippen molar-refractivity contribution in [2.75, 3.05) is 36.5 Å². The highest BCUT2D eigenvalue weighted by molar-refractivity contribution is 6.02. The number of nitrogens with one attached hydrogen (secondary N) is 2. The summed E-state index contributed by atoms with van der Waals surface area (Å²) in [7, 11) is 0. The van der Waals surface area contributed by atoms with Crippen LogP contribution in [0.2, 0.25) is 0 Å². The Morgan fingerprint density at radius 3 is 2.76 bits per heavy atom. The number of ether oxygens (including phenoxy) is 1. The number of amides is 1. The van der Waals surface area contributed by atoms with Crippen LogP contribution in [0.15, 0.2) is 18.2 Å². The van der Waals surface area contributed by atoms with E-state index in [9.17, 15) is 4.79 Å². The van der Waals surface area contributed by atoms with Crippen LogP contribution in [0.3, 0.4) is 0 Å². The van der Waals surface area contributed by atoms with Gasteiger partial charge in [-0.3, -0.25) is 9.89 Å². The summed E-state index contributed by atoms with van der Waals surface area (Å²) >= 11 is 0. The van der Waals surface area contributed by atoms with Crippen molar-refractivity contribution in [2.45, 2.75) is 6.92 Å². The molecule has 110 valence electrons. The number of anilines is 2. The normalized spacial score (nSPS) is 15.0. The van der Waals surface area contributed by atoms with Crippen molar-refractivity contribution in [2.24, 2.45) is 0 Å². The van der Waals surface area contributed by atoms with Crippen LogP contribution in [0.25, 0.3) is 0 Å². The Bertz CT molecular complexity index is 618. The first-order chi connectivity index (χ1) is 10.2. The first-order valence-corrected chi connectivity index (χ1v) is 6.72. The molecule has 0 spiro atoms. The van der Waals surface area contributed by atoms with Crippen molar-refractivity contribution in [1.29, 1.82) is 0 Å². The van der Waals surface area contributed by atoms with Crippen LogP contribution in [-0.4, -0.2) is 52.6 Å². The molecular weight excluding hydrogens is 272 g/mol. The van der Waals surface area contributed by atoms with Crippen molar-refractivity contribution in [3.8, 4) is 0 Å². The number of hydrogen-bond acceptors (Lipinski definition) is 6. The summed E-state index contributed by atoms with van der Waals surface area (Å²) in [6, 6.07) is 5.20. The van der Waals surface area contributed by atoms with E-state index in [1.54, 1.807) is 18.2 Å². The molecule has 0 unspecified atom stereocenters. The molecule has 3 rings (SSSR count). The van der Waals surface area contributed by atoms with E-state index >= 15 is 0 Å². The lowest BCUT2D eigenvalue weighted by atomic mass is 10.3. The predicted octanol–water partition coefficient (Wildman–Crippen LogP) is 0.597. The molecule has 0 radical (unpaired) electrons. The fourth-order valence-electron chi connectivity index (χ4n) is 2.07. The van der Waals surface area contributed by atoms with E-state index in [1.807, 2.05) is 6.92 Å². The molecule has 21 heavy (non-hydrogen) atoms. The minimum absolute atomic E-state index is 0.257. The van der Waals surface area contributed by atoms with Crippen molar-refractivity contribution < 1.29 is 9.53 Å². The number of morpholine rings is 1. The Kier molecular flexibility index (Phi) is 3.78. The molecule has 2 aromatic heterocycles. The molecule has 1 aliphatic heterocycles. The molecule has 1 saturated heterocycles. The number of H-pyrrole nitrogens is 1. The SMILES string of the molecule is Cc1cc(NC(=O)c2ccc(N3CCOCC3)nn2)n[nH]1. The summed E-state index contributed by atoms with van der Waals surface area (Å²) in [4.78, 5) is 14.1. The highest BCUT2D eigenvalue weighted by atomic mass is 16.5. The van der Waals surface area contributed by atoms with Gasteiger partial charge in [0.2, 0.25) is 0 Å². The zero-order valence-electron chi connectivity index (χ0n) is 11.7. The quantitative estimate of drug-likeness (QED) is 0.858. The molecule has 0 aromatic carbocycles. The first-order valence-electron chi connectivity index (χ1n) is 6.72. The maximum absolute atomic E-state index is 12.0. The first kappa shape index (κ1) is 13.5. The number of carbonyl (C=O) groups is 1. The summed E-state index contributed by atoms with van der Waals surface area (Å²) in [6.45, 7) is 4.80. The summed E-state index contributed by atoms with van der Waals surface area (Å²) in [5.41, 5.74) is 1.13. The number of hydrogen-bond donors (Lipinski definition) is 2. The second kappa shape index (κ2) is 5.88. The summed E-state index contributed by atoms with van der Waals surface area (Å²) < 4.78 is 5.29. The molecule has 0 aliphatic carbocycles. The Hall–Kier alpha value is -2.48.